The normalized spacial score (nSPS) is 14.9. The Morgan fingerprint density at radius 2 is 1.65 bits per heavy atom. The van der Waals surface area contributed by atoms with Gasteiger partial charge in [-0.25, -0.2) is 8.42 Å². The standard InChI is InChI=1S/C23H30N2O5S/c1-17-5-8-20(9-6-17)31(27,28)25(16-23(26)24-13-11-18(2)12-14-24)19-7-10-21(29-3)22(15-19)30-4/h5-10,15,18H,11-14,16H2,1-4H3. The molecule has 3 rings (SSSR count). The van der Waals surface area contributed by atoms with Crippen LogP contribution >= 0.6 is 0 Å². The molecule has 0 N–H and O–H groups in total. The lowest BCUT2D eigenvalue weighted by molar-refractivity contribution is -0.130. The van der Waals surface area contributed by atoms with E-state index in [4.69, 9.17) is 9.47 Å². The molecule has 0 unspecified atom stereocenters. The third-order valence-corrected chi connectivity index (χ3v) is 7.47. The van der Waals surface area contributed by atoms with E-state index in [-0.39, 0.29) is 17.3 Å². The number of rotatable bonds is 7. The summed E-state index contributed by atoms with van der Waals surface area (Å²) in [5, 5.41) is 0. The number of benzene rings is 2. The topological polar surface area (TPSA) is 76.2 Å². The summed E-state index contributed by atoms with van der Waals surface area (Å²) >= 11 is 0. The minimum atomic E-state index is -3.97. The van der Waals surface area contributed by atoms with Gasteiger partial charge in [0.05, 0.1) is 24.8 Å². The van der Waals surface area contributed by atoms with Gasteiger partial charge in [-0.2, -0.15) is 0 Å². The minimum Gasteiger partial charge on any atom is -0.493 e. The largest absolute Gasteiger partial charge is 0.493 e. The molecule has 1 heterocycles. The number of ether oxygens (including phenoxy) is 2. The van der Waals surface area contributed by atoms with Crippen molar-refractivity contribution in [1.82, 2.24) is 4.90 Å². The van der Waals surface area contributed by atoms with Crippen molar-refractivity contribution in [2.45, 2.75) is 31.6 Å². The molecule has 0 aromatic heterocycles. The summed E-state index contributed by atoms with van der Waals surface area (Å²) in [6, 6.07) is 11.5. The van der Waals surface area contributed by atoms with Crippen molar-refractivity contribution >= 4 is 21.6 Å². The average Bonchev–Trinajstić information content (AvgIpc) is 2.77. The summed E-state index contributed by atoms with van der Waals surface area (Å²) in [6.45, 7) is 5.07. The molecule has 2 aromatic rings. The summed E-state index contributed by atoms with van der Waals surface area (Å²) in [4.78, 5) is 14.9. The van der Waals surface area contributed by atoms with Crippen LogP contribution in [0.1, 0.15) is 25.3 Å². The van der Waals surface area contributed by atoms with Crippen LogP contribution in [0.5, 0.6) is 11.5 Å². The molecule has 0 radical (unpaired) electrons. The number of carbonyl (C=O) groups is 1. The Kier molecular flexibility index (Phi) is 7.10. The second kappa shape index (κ2) is 9.60. The van der Waals surface area contributed by atoms with Gasteiger partial charge in [0.2, 0.25) is 5.91 Å². The van der Waals surface area contributed by atoms with E-state index in [0.29, 0.717) is 36.2 Å². The molecule has 7 nitrogen and oxygen atoms in total. The Bertz CT molecular complexity index is 1010. The maximum absolute atomic E-state index is 13.6. The van der Waals surface area contributed by atoms with Crippen molar-refractivity contribution in [3.63, 3.8) is 0 Å². The van der Waals surface area contributed by atoms with Crippen molar-refractivity contribution in [1.29, 1.82) is 0 Å². The van der Waals surface area contributed by atoms with Gasteiger partial charge in [0.1, 0.15) is 6.54 Å². The number of piperidine rings is 1. The minimum absolute atomic E-state index is 0.132. The van der Waals surface area contributed by atoms with E-state index in [1.165, 1.54) is 14.2 Å². The lowest BCUT2D eigenvalue weighted by atomic mass is 9.99. The molecule has 0 spiro atoms. The Hall–Kier alpha value is -2.74. The maximum Gasteiger partial charge on any atom is 0.264 e. The third-order valence-electron chi connectivity index (χ3n) is 5.68. The fraction of sp³-hybridized carbons (Fsp3) is 0.435. The number of nitrogens with zero attached hydrogens (tertiary/aromatic N) is 2. The van der Waals surface area contributed by atoms with Gasteiger partial charge in [-0.05, 0) is 49.9 Å². The number of hydrogen-bond acceptors (Lipinski definition) is 5. The van der Waals surface area contributed by atoms with Crippen LogP contribution in [-0.4, -0.2) is 53.1 Å². The number of carbonyl (C=O) groups excluding carboxylic acids is 1. The number of hydrogen-bond donors (Lipinski definition) is 0. The molecule has 0 bridgehead atoms. The Morgan fingerprint density at radius 3 is 2.23 bits per heavy atom. The zero-order chi connectivity index (χ0) is 22.6. The number of sulfonamides is 1. The van der Waals surface area contributed by atoms with Crippen molar-refractivity contribution in [2.24, 2.45) is 5.92 Å². The molecule has 8 heteroatoms. The van der Waals surface area contributed by atoms with Crippen LogP contribution in [-0.2, 0) is 14.8 Å². The highest BCUT2D eigenvalue weighted by Gasteiger charge is 2.30. The van der Waals surface area contributed by atoms with E-state index in [0.717, 1.165) is 22.7 Å². The van der Waals surface area contributed by atoms with E-state index in [2.05, 4.69) is 6.92 Å². The molecule has 0 saturated carbocycles. The van der Waals surface area contributed by atoms with Gasteiger partial charge in [0, 0.05) is 19.2 Å². The number of aryl methyl sites for hydroxylation is 1. The predicted octanol–water partition coefficient (Wildman–Crippen LogP) is 3.47. The van der Waals surface area contributed by atoms with E-state index < -0.39 is 10.0 Å². The smallest absolute Gasteiger partial charge is 0.264 e. The summed E-state index contributed by atoms with van der Waals surface area (Å²) in [5.41, 5.74) is 1.30. The van der Waals surface area contributed by atoms with Crippen LogP contribution in [0, 0.1) is 12.8 Å². The fourth-order valence-corrected chi connectivity index (χ4v) is 5.02. The molecular formula is C23H30N2O5S. The van der Waals surface area contributed by atoms with E-state index in [1.54, 1.807) is 47.4 Å². The Labute approximate surface area is 184 Å². The van der Waals surface area contributed by atoms with Crippen LogP contribution in [0.4, 0.5) is 5.69 Å². The molecule has 0 aliphatic carbocycles. The number of likely N-dealkylation sites (tertiary alicyclic amines) is 1. The second-order valence-corrected chi connectivity index (χ2v) is 9.79. The summed E-state index contributed by atoms with van der Waals surface area (Å²) < 4.78 is 38.9. The molecule has 1 saturated heterocycles. The average molecular weight is 447 g/mol. The van der Waals surface area contributed by atoms with Crippen molar-refractivity contribution < 1.29 is 22.7 Å². The Morgan fingerprint density at radius 1 is 1.03 bits per heavy atom. The van der Waals surface area contributed by atoms with Crippen molar-refractivity contribution in [3.05, 3.63) is 48.0 Å². The number of methoxy groups -OCH3 is 2. The first kappa shape index (κ1) is 22.9. The number of amides is 1. The summed E-state index contributed by atoms with van der Waals surface area (Å²) in [5.74, 6) is 1.23. The molecule has 1 fully saturated rings. The molecule has 31 heavy (non-hydrogen) atoms. The first-order valence-electron chi connectivity index (χ1n) is 10.4. The number of anilines is 1. The van der Waals surface area contributed by atoms with Crippen molar-refractivity contribution in [3.8, 4) is 11.5 Å². The van der Waals surface area contributed by atoms with Gasteiger partial charge >= 0.3 is 0 Å². The maximum atomic E-state index is 13.6. The fourth-order valence-electron chi connectivity index (χ4n) is 3.61. The first-order valence-corrected chi connectivity index (χ1v) is 11.8. The molecule has 1 aliphatic rings. The SMILES string of the molecule is COc1ccc(N(CC(=O)N2CCC(C)CC2)S(=O)(=O)c2ccc(C)cc2)cc1OC. The van der Waals surface area contributed by atoms with Crippen LogP contribution in [0.3, 0.4) is 0 Å². The van der Waals surface area contributed by atoms with Crippen LogP contribution in [0.25, 0.3) is 0 Å². The quantitative estimate of drug-likeness (QED) is 0.651. The van der Waals surface area contributed by atoms with Gasteiger partial charge in [-0.3, -0.25) is 9.10 Å². The zero-order valence-electron chi connectivity index (χ0n) is 18.5. The van der Waals surface area contributed by atoms with Crippen molar-refractivity contribution in [2.75, 3.05) is 38.2 Å². The highest BCUT2D eigenvalue weighted by molar-refractivity contribution is 7.92. The summed E-state index contributed by atoms with van der Waals surface area (Å²) in [7, 11) is -0.971. The highest BCUT2D eigenvalue weighted by Crippen LogP contribution is 2.34. The van der Waals surface area contributed by atoms with Crippen LogP contribution < -0.4 is 13.8 Å². The predicted molar refractivity (Wildman–Crippen MR) is 120 cm³/mol. The molecule has 2 aromatic carbocycles. The molecule has 1 amide bonds. The van der Waals surface area contributed by atoms with Gasteiger partial charge in [-0.1, -0.05) is 24.6 Å². The zero-order valence-corrected chi connectivity index (χ0v) is 19.3. The molecule has 1 aliphatic heterocycles. The van der Waals surface area contributed by atoms with Gasteiger partial charge in [-0.15, -0.1) is 0 Å². The molecule has 0 atom stereocenters. The Balaban J connectivity index is 1.99. The van der Waals surface area contributed by atoms with E-state index in [9.17, 15) is 13.2 Å². The monoisotopic (exact) mass is 446 g/mol. The lowest BCUT2D eigenvalue weighted by Gasteiger charge is -2.33. The van der Waals surface area contributed by atoms with Gasteiger partial charge in [0.15, 0.2) is 11.5 Å². The molecular weight excluding hydrogens is 416 g/mol. The summed E-state index contributed by atoms with van der Waals surface area (Å²) in [6.07, 6.45) is 1.85. The van der Waals surface area contributed by atoms with E-state index in [1.807, 2.05) is 6.92 Å². The van der Waals surface area contributed by atoms with Crippen LogP contribution in [0.15, 0.2) is 47.4 Å². The van der Waals surface area contributed by atoms with E-state index >= 15 is 0 Å². The third kappa shape index (κ3) is 5.12. The highest BCUT2D eigenvalue weighted by atomic mass is 32.2. The second-order valence-electron chi connectivity index (χ2n) is 7.93. The van der Waals surface area contributed by atoms with Gasteiger partial charge in [0.25, 0.3) is 10.0 Å². The molecule has 168 valence electrons. The van der Waals surface area contributed by atoms with Gasteiger partial charge < -0.3 is 14.4 Å². The van der Waals surface area contributed by atoms with Crippen LogP contribution in [0.2, 0.25) is 0 Å². The lowest BCUT2D eigenvalue weighted by Crippen LogP contribution is -2.45. The first-order chi connectivity index (χ1) is 14.8.